The first-order valence-electron chi connectivity index (χ1n) is 26.4. The van der Waals surface area contributed by atoms with Gasteiger partial charge in [-0.25, -0.2) is 15.0 Å². The summed E-state index contributed by atoms with van der Waals surface area (Å²) >= 11 is 1.58. The summed E-state index contributed by atoms with van der Waals surface area (Å²) in [5, 5.41) is 36.8. The van der Waals surface area contributed by atoms with E-state index < -0.39 is 18.1 Å². The number of rotatable bonds is 16. The molecule has 0 spiro atoms. The zero-order valence-electron chi connectivity index (χ0n) is 43.7. The van der Waals surface area contributed by atoms with Crippen LogP contribution >= 0.6 is 11.3 Å². The van der Waals surface area contributed by atoms with Crippen molar-refractivity contribution in [3.8, 4) is 56.8 Å². The van der Waals surface area contributed by atoms with Crippen LogP contribution < -0.4 is 35.1 Å². The highest BCUT2D eigenvalue weighted by molar-refractivity contribution is 7.13. The van der Waals surface area contributed by atoms with E-state index in [0.717, 1.165) is 59.0 Å². The van der Waals surface area contributed by atoms with Crippen LogP contribution in [0.25, 0.3) is 21.7 Å². The number of ether oxygens (including phenoxy) is 3. The number of nitrogen functional groups attached to an aromatic ring is 1. The third-order valence-corrected chi connectivity index (χ3v) is 16.1. The van der Waals surface area contributed by atoms with Crippen LogP contribution in [0.3, 0.4) is 0 Å². The molecule has 78 heavy (non-hydrogen) atoms. The molecule has 2 bridgehead atoms. The van der Waals surface area contributed by atoms with E-state index in [-0.39, 0.29) is 79.3 Å². The fourth-order valence-corrected chi connectivity index (χ4v) is 11.9. The number of β-amino-alcohol motifs (C(OH)–C–C–N with tert-alkyl or cyclic N) is 1. The molecule has 8 heterocycles. The predicted molar refractivity (Wildman–Crippen MR) is 293 cm³/mol. The van der Waals surface area contributed by atoms with E-state index >= 15 is 0 Å². The predicted octanol–water partition coefficient (Wildman–Crippen LogP) is 7.50. The van der Waals surface area contributed by atoms with Gasteiger partial charge in [0.25, 0.3) is 5.88 Å². The number of nitrogens with two attached hydrogens (primary N) is 1. The van der Waals surface area contributed by atoms with Gasteiger partial charge in [-0.2, -0.15) is 0 Å². The van der Waals surface area contributed by atoms with Crippen LogP contribution in [0.5, 0.6) is 23.3 Å². The summed E-state index contributed by atoms with van der Waals surface area (Å²) in [6.07, 6.45) is 6.18. The minimum absolute atomic E-state index is 0.0129. The Labute approximate surface area is 455 Å². The number of piperazine rings is 1. The molecule has 402 valence electrons. The second kappa shape index (κ2) is 22.4. The second-order valence-corrected chi connectivity index (χ2v) is 21.6. The number of anilines is 3. The summed E-state index contributed by atoms with van der Waals surface area (Å²) in [6, 6.07) is 25.6. The van der Waals surface area contributed by atoms with Gasteiger partial charge in [0.1, 0.15) is 41.4 Å². The third-order valence-electron chi connectivity index (χ3n) is 15.1. The maximum absolute atomic E-state index is 14.2. The molecule has 20 heteroatoms. The molecule has 3 aliphatic heterocycles. The minimum Gasteiger partial charge on any atom is -0.507 e. The number of nitrogens with one attached hydrogen (secondary N) is 1. The quantitative estimate of drug-likeness (QED) is 0.0685. The van der Waals surface area contributed by atoms with Gasteiger partial charge >= 0.3 is 0 Å². The van der Waals surface area contributed by atoms with Gasteiger partial charge in [-0.3, -0.25) is 9.59 Å². The number of pyridine rings is 2. The van der Waals surface area contributed by atoms with Crippen molar-refractivity contribution < 1.29 is 38.5 Å². The normalized spacial score (nSPS) is 21.3. The van der Waals surface area contributed by atoms with Gasteiger partial charge in [0, 0.05) is 80.6 Å². The van der Waals surface area contributed by atoms with Gasteiger partial charge in [0.15, 0.2) is 18.2 Å². The van der Waals surface area contributed by atoms with E-state index in [1.54, 1.807) is 41.8 Å². The summed E-state index contributed by atoms with van der Waals surface area (Å²) in [6.45, 7) is 9.20. The van der Waals surface area contributed by atoms with Gasteiger partial charge in [0.05, 0.1) is 45.8 Å². The molecule has 6 atom stereocenters. The maximum Gasteiger partial charge on any atom is 0.255 e. The van der Waals surface area contributed by atoms with Crippen molar-refractivity contribution in [3.63, 3.8) is 0 Å². The number of hydrogen-bond acceptors (Lipinski definition) is 18. The summed E-state index contributed by atoms with van der Waals surface area (Å²) in [4.78, 5) is 48.6. The number of nitrogens with zero attached hydrogens (tertiary/aromatic N) is 9. The van der Waals surface area contributed by atoms with Gasteiger partial charge < -0.3 is 54.7 Å². The topological polar surface area (TPSA) is 241 Å². The Hall–Kier alpha value is -8.28. The van der Waals surface area contributed by atoms with Crippen molar-refractivity contribution in [2.75, 3.05) is 41.8 Å². The fraction of sp³-hybridized carbons (Fsp3) is 0.379. The summed E-state index contributed by atoms with van der Waals surface area (Å²) in [5.41, 5.74) is 14.8. The van der Waals surface area contributed by atoms with Gasteiger partial charge in [-0.05, 0) is 91.2 Å². The SMILES string of the molecule is Cc1ncsc1-c1ccc([C@H](C)NC(=O)[C@@H]2C[C@@H](O)CN2C(=O)[C@@H](c2cc(OCC#Cc3ccc(OC4CC(Oc5cc(N6C7CC[C@@H]6CN(c6cc(-c8ccccc8O)nnc6N)C7)ccn5)C4)cn3)no2)C(C)C)cc1. The standard InChI is InChI=1S/C58H61N11O8S/c1-33(2)54(58(73)68-31-42(70)23-49(68)57(72)63-34(3)36-11-13-37(14-12-36)55-35(4)62-32-78-55)51-27-53(66-77-51)74-21-7-8-38-15-18-43(28-61-38)75-44-24-45(25-44)76-52-22-39(19-20-60-52)69-40-16-17-41(69)30-67(29-40)48-26-47(64-65-56(48)59)46-9-5-6-10-50(46)71/h5-6,9-15,18-20,22,26-28,32-34,40-42,44-45,49,54,70-71H,16-17,21,23-25,29-31H2,1-4H3,(H2,59,65)(H,63,72)/t34-,40+,41?,42+,44?,45?,49-,54+/m0/s1. The minimum atomic E-state index is -0.860. The Bertz CT molecular complexity index is 3320. The molecule has 19 nitrogen and oxygen atoms in total. The number of phenols is 1. The zero-order chi connectivity index (χ0) is 54.0. The number of aliphatic hydroxyl groups is 1. The first-order chi connectivity index (χ1) is 37.8. The average molecular weight is 1070 g/mol. The smallest absolute Gasteiger partial charge is 0.255 e. The monoisotopic (exact) mass is 1070 g/mol. The lowest BCUT2D eigenvalue weighted by atomic mass is 9.91. The molecule has 4 aliphatic rings. The lowest BCUT2D eigenvalue weighted by Gasteiger charge is -2.43. The number of thiazole rings is 1. The Morgan fingerprint density at radius 3 is 2.41 bits per heavy atom. The van der Waals surface area contributed by atoms with Gasteiger partial charge in [-0.15, -0.1) is 21.5 Å². The van der Waals surface area contributed by atoms with E-state index in [4.69, 9.17) is 24.5 Å². The van der Waals surface area contributed by atoms with E-state index in [0.29, 0.717) is 53.0 Å². The molecule has 2 aromatic carbocycles. The number of phenolic OH excluding ortho intramolecular Hbond substituents is 1. The number of aromatic nitrogens is 6. The number of benzene rings is 2. The van der Waals surface area contributed by atoms with Gasteiger partial charge in [0.2, 0.25) is 17.7 Å². The molecule has 5 aromatic heterocycles. The molecule has 11 rings (SSSR count). The largest absolute Gasteiger partial charge is 0.507 e. The molecule has 4 fully saturated rings. The van der Waals surface area contributed by atoms with E-state index in [2.05, 4.69) is 57.3 Å². The molecule has 3 saturated heterocycles. The van der Waals surface area contributed by atoms with Crippen LogP contribution in [0.4, 0.5) is 17.2 Å². The number of hydrogen-bond donors (Lipinski definition) is 4. The van der Waals surface area contributed by atoms with Crippen molar-refractivity contribution in [1.82, 2.24) is 40.5 Å². The molecule has 0 radical (unpaired) electrons. The van der Waals surface area contributed by atoms with E-state index in [1.807, 2.05) is 100 Å². The van der Waals surface area contributed by atoms with Crippen LogP contribution in [0.2, 0.25) is 0 Å². The molecular weight excluding hydrogens is 1010 g/mol. The number of carbonyl (C=O) groups is 2. The highest BCUT2D eigenvalue weighted by Gasteiger charge is 2.44. The van der Waals surface area contributed by atoms with Crippen LogP contribution in [0.1, 0.15) is 87.5 Å². The molecule has 1 unspecified atom stereocenters. The average Bonchev–Trinajstić information content (AvgIpc) is 4.28. The van der Waals surface area contributed by atoms with Crippen molar-refractivity contribution >= 4 is 40.3 Å². The highest BCUT2D eigenvalue weighted by atomic mass is 32.1. The Balaban J connectivity index is 0.627. The Kier molecular flexibility index (Phi) is 14.9. The number of amides is 2. The summed E-state index contributed by atoms with van der Waals surface area (Å²) in [7, 11) is 0. The number of para-hydroxylation sites is 1. The van der Waals surface area contributed by atoms with Crippen LogP contribution in [0.15, 0.2) is 107 Å². The van der Waals surface area contributed by atoms with Crippen molar-refractivity contribution in [2.24, 2.45) is 5.92 Å². The van der Waals surface area contributed by atoms with E-state index in [9.17, 15) is 19.8 Å². The van der Waals surface area contributed by atoms with Crippen molar-refractivity contribution in [2.45, 2.75) is 108 Å². The number of aromatic hydroxyl groups is 1. The summed E-state index contributed by atoms with van der Waals surface area (Å²) < 4.78 is 24.0. The second-order valence-electron chi connectivity index (χ2n) is 20.8. The van der Waals surface area contributed by atoms with Crippen molar-refractivity contribution in [3.05, 3.63) is 126 Å². The van der Waals surface area contributed by atoms with Crippen LogP contribution in [-0.4, -0.2) is 120 Å². The lowest BCUT2D eigenvalue weighted by Crippen LogP contribution is -2.54. The molecular formula is C58H61N11O8S. The maximum atomic E-state index is 14.2. The van der Waals surface area contributed by atoms with Crippen molar-refractivity contribution in [1.29, 1.82) is 0 Å². The first-order valence-corrected chi connectivity index (χ1v) is 27.3. The Morgan fingerprint density at radius 1 is 0.897 bits per heavy atom. The summed E-state index contributed by atoms with van der Waals surface area (Å²) in [5.74, 6) is 6.46. The fourth-order valence-electron chi connectivity index (χ4n) is 11.0. The number of carbonyl (C=O) groups excluding carboxylic acids is 2. The molecule has 7 aromatic rings. The molecule has 1 aliphatic carbocycles. The van der Waals surface area contributed by atoms with Crippen LogP contribution in [-0.2, 0) is 9.59 Å². The van der Waals surface area contributed by atoms with Gasteiger partial charge in [-0.1, -0.05) is 56.2 Å². The Morgan fingerprint density at radius 2 is 1.68 bits per heavy atom. The zero-order valence-corrected chi connectivity index (χ0v) is 44.5. The third kappa shape index (κ3) is 11.1. The molecule has 2 amide bonds. The lowest BCUT2D eigenvalue weighted by molar-refractivity contribution is -0.141. The van der Waals surface area contributed by atoms with E-state index in [1.165, 1.54) is 4.90 Å². The molecule has 5 N–H and O–H groups in total. The number of fused-ring (bicyclic) bond motifs is 2. The highest BCUT2D eigenvalue weighted by Crippen LogP contribution is 2.41. The van der Waals surface area contributed by atoms with Crippen LogP contribution in [0, 0.1) is 24.7 Å². The number of aryl methyl sites for hydroxylation is 1. The first kappa shape index (κ1) is 51.8. The number of aliphatic hydroxyl groups excluding tert-OH is 1. The number of likely N-dealkylation sites (tertiary alicyclic amines) is 1. The molecule has 1 saturated carbocycles.